The molecule has 0 aromatic rings. The molecular weight excluding hydrogens is 286 g/mol. The van der Waals surface area contributed by atoms with E-state index >= 15 is 0 Å². The maximum absolute atomic E-state index is 11.2. The van der Waals surface area contributed by atoms with Crippen LogP contribution in [0.15, 0.2) is 5.16 Å². The minimum Gasteiger partial charge on any atom is -0.319 e. The Bertz CT molecular complexity index is 277. The van der Waals surface area contributed by atoms with Gasteiger partial charge in [-0.1, -0.05) is 102 Å². The van der Waals surface area contributed by atoms with E-state index < -0.39 is 0 Å². The van der Waals surface area contributed by atoms with Gasteiger partial charge in [-0.05, 0) is 13.3 Å². The molecule has 23 heavy (non-hydrogen) atoms. The number of rotatable bonds is 17. The molecule has 0 N–H and O–H groups in total. The van der Waals surface area contributed by atoms with Crippen molar-refractivity contribution >= 4 is 12.2 Å². The van der Waals surface area contributed by atoms with Gasteiger partial charge in [0.2, 0.25) is 0 Å². The van der Waals surface area contributed by atoms with E-state index in [0.29, 0.717) is 6.42 Å². The largest absolute Gasteiger partial charge is 0.334 e. The van der Waals surface area contributed by atoms with E-state index in [2.05, 4.69) is 16.9 Å². The Labute approximate surface area is 144 Å². The van der Waals surface area contributed by atoms with Crippen LogP contribution >= 0.6 is 0 Å². The lowest BCUT2D eigenvalue weighted by Gasteiger charge is -2.03. The smallest absolute Gasteiger partial charge is 0.319 e. The van der Waals surface area contributed by atoms with Crippen LogP contribution in [0.4, 0.5) is 0 Å². The maximum atomic E-state index is 11.2. The van der Waals surface area contributed by atoms with Crippen molar-refractivity contribution in [3.8, 4) is 0 Å². The van der Waals surface area contributed by atoms with Crippen molar-refractivity contribution in [1.82, 2.24) is 0 Å². The third-order valence-corrected chi connectivity index (χ3v) is 4.24. The second-order valence-corrected chi connectivity index (χ2v) is 6.53. The zero-order valence-corrected chi connectivity index (χ0v) is 15.7. The molecule has 0 rings (SSSR count). The van der Waals surface area contributed by atoms with Crippen LogP contribution in [-0.4, -0.2) is 12.2 Å². The number of hydrogen-bond acceptors (Lipinski definition) is 3. The summed E-state index contributed by atoms with van der Waals surface area (Å²) in [6.07, 6.45) is 22.0. The van der Waals surface area contributed by atoms with Crippen molar-refractivity contribution in [1.29, 1.82) is 0 Å². The summed E-state index contributed by atoms with van der Waals surface area (Å²) in [5.41, 5.74) is 0. The monoisotopic (exact) mass is 325 g/mol. The Hall–Kier alpha value is -0.860. The Kier molecular flexibility index (Phi) is 18.5. The summed E-state index contributed by atoms with van der Waals surface area (Å²) < 4.78 is 0. The average molecular weight is 326 g/mol. The first-order chi connectivity index (χ1) is 11.3. The molecule has 0 spiro atoms. The minimum absolute atomic E-state index is 0.210. The summed E-state index contributed by atoms with van der Waals surface area (Å²) in [5, 5.41) is 3.49. The first-order valence-corrected chi connectivity index (χ1v) is 9.99. The lowest BCUT2D eigenvalue weighted by molar-refractivity contribution is -0.143. The fraction of sp³-hybridized carbons (Fsp3) is 0.900. The third-order valence-electron chi connectivity index (χ3n) is 4.24. The van der Waals surface area contributed by atoms with Gasteiger partial charge in [-0.15, -0.1) is 0 Å². The van der Waals surface area contributed by atoms with Crippen LogP contribution < -0.4 is 0 Å². The molecule has 0 heterocycles. The highest BCUT2D eigenvalue weighted by Gasteiger charge is 2.01. The fourth-order valence-corrected chi connectivity index (χ4v) is 2.80. The predicted molar refractivity (Wildman–Crippen MR) is 99.8 cm³/mol. The summed E-state index contributed by atoms with van der Waals surface area (Å²) in [6.45, 7) is 4.01. The molecule has 0 aliphatic heterocycles. The van der Waals surface area contributed by atoms with Crippen LogP contribution in [0.2, 0.25) is 0 Å². The highest BCUT2D eigenvalue weighted by atomic mass is 16.7. The standard InChI is InChI=1S/C20H39NO2/c1-3-5-6-7-8-9-10-11-12-13-14-15-16-17-18-19-20(22)23-21-4-2/h4H,3,5-19H2,1-2H3. The molecule has 0 aromatic heterocycles. The van der Waals surface area contributed by atoms with Crippen LogP contribution in [0.1, 0.15) is 117 Å². The van der Waals surface area contributed by atoms with Gasteiger partial charge in [-0.25, -0.2) is 4.79 Å². The molecular formula is C20H39NO2. The molecule has 0 aromatic carbocycles. The SMILES string of the molecule is CC=NOC(=O)CCCCCCCCCCCCCCCCC. The van der Waals surface area contributed by atoms with Crippen molar-refractivity contribution in [3.05, 3.63) is 0 Å². The van der Waals surface area contributed by atoms with Gasteiger partial charge in [0.25, 0.3) is 0 Å². The Morgan fingerprint density at radius 3 is 1.52 bits per heavy atom. The Morgan fingerprint density at radius 2 is 1.13 bits per heavy atom. The molecule has 0 atom stereocenters. The van der Waals surface area contributed by atoms with Crippen molar-refractivity contribution < 1.29 is 9.63 Å². The fourth-order valence-electron chi connectivity index (χ4n) is 2.80. The molecule has 3 heteroatoms. The molecule has 0 aliphatic carbocycles. The quantitative estimate of drug-likeness (QED) is 0.128. The molecule has 0 unspecified atom stereocenters. The zero-order chi connectivity index (χ0) is 17.0. The maximum Gasteiger partial charge on any atom is 0.334 e. The summed E-state index contributed by atoms with van der Waals surface area (Å²) in [4.78, 5) is 15.8. The van der Waals surface area contributed by atoms with E-state index in [-0.39, 0.29) is 5.97 Å². The van der Waals surface area contributed by atoms with E-state index in [1.807, 2.05) is 0 Å². The molecule has 0 saturated carbocycles. The van der Waals surface area contributed by atoms with Crippen molar-refractivity contribution in [3.63, 3.8) is 0 Å². The summed E-state index contributed by atoms with van der Waals surface area (Å²) >= 11 is 0. The van der Waals surface area contributed by atoms with Gasteiger partial charge in [-0.3, -0.25) is 0 Å². The molecule has 136 valence electrons. The van der Waals surface area contributed by atoms with E-state index in [0.717, 1.165) is 12.8 Å². The van der Waals surface area contributed by atoms with Crippen LogP contribution in [0.5, 0.6) is 0 Å². The van der Waals surface area contributed by atoms with Gasteiger partial charge >= 0.3 is 5.97 Å². The van der Waals surface area contributed by atoms with Gasteiger partial charge in [0, 0.05) is 12.6 Å². The van der Waals surface area contributed by atoms with Crippen molar-refractivity contribution in [2.75, 3.05) is 0 Å². The first kappa shape index (κ1) is 22.1. The van der Waals surface area contributed by atoms with E-state index in [4.69, 9.17) is 0 Å². The lowest BCUT2D eigenvalue weighted by Crippen LogP contribution is -1.99. The minimum atomic E-state index is -0.210. The highest BCUT2D eigenvalue weighted by Crippen LogP contribution is 2.13. The van der Waals surface area contributed by atoms with Crippen LogP contribution in [0.25, 0.3) is 0 Å². The predicted octanol–water partition coefficient (Wildman–Crippen LogP) is 6.80. The zero-order valence-electron chi connectivity index (χ0n) is 15.7. The van der Waals surface area contributed by atoms with Gasteiger partial charge in [0.05, 0.1) is 0 Å². The van der Waals surface area contributed by atoms with Gasteiger partial charge < -0.3 is 4.84 Å². The lowest BCUT2D eigenvalue weighted by atomic mass is 10.0. The molecule has 0 fully saturated rings. The van der Waals surface area contributed by atoms with Crippen LogP contribution in [-0.2, 0) is 9.63 Å². The Morgan fingerprint density at radius 1 is 0.739 bits per heavy atom. The van der Waals surface area contributed by atoms with Crippen LogP contribution in [0.3, 0.4) is 0 Å². The number of hydrogen-bond donors (Lipinski definition) is 0. The van der Waals surface area contributed by atoms with Gasteiger partial charge in [-0.2, -0.15) is 0 Å². The Balaban J connectivity index is 3.06. The molecule has 3 nitrogen and oxygen atoms in total. The van der Waals surface area contributed by atoms with Gasteiger partial charge in [0.1, 0.15) is 0 Å². The molecule has 0 bridgehead atoms. The van der Waals surface area contributed by atoms with Crippen LogP contribution in [0, 0.1) is 0 Å². The summed E-state index contributed by atoms with van der Waals surface area (Å²) in [5.74, 6) is -0.210. The van der Waals surface area contributed by atoms with Gasteiger partial charge in [0.15, 0.2) is 0 Å². The van der Waals surface area contributed by atoms with E-state index in [1.54, 1.807) is 6.92 Å². The molecule has 0 amide bonds. The van der Waals surface area contributed by atoms with E-state index in [9.17, 15) is 4.79 Å². The van der Waals surface area contributed by atoms with Crippen molar-refractivity contribution in [2.45, 2.75) is 117 Å². The highest BCUT2D eigenvalue weighted by molar-refractivity contribution is 5.69. The van der Waals surface area contributed by atoms with Crippen molar-refractivity contribution in [2.24, 2.45) is 5.16 Å². The summed E-state index contributed by atoms with van der Waals surface area (Å²) in [7, 11) is 0. The number of carbonyl (C=O) groups excluding carboxylic acids is 1. The summed E-state index contributed by atoms with van der Waals surface area (Å²) in [6, 6.07) is 0. The molecule has 0 saturated heterocycles. The number of unbranched alkanes of at least 4 members (excludes halogenated alkanes) is 14. The number of oxime groups is 1. The number of carbonyl (C=O) groups is 1. The average Bonchev–Trinajstić information content (AvgIpc) is 2.56. The second kappa shape index (κ2) is 19.2. The normalized spacial score (nSPS) is 11.2. The number of nitrogens with zero attached hydrogens (tertiary/aromatic N) is 1. The van der Waals surface area contributed by atoms with E-state index in [1.165, 1.54) is 89.7 Å². The molecule has 0 radical (unpaired) electrons. The molecule has 0 aliphatic rings. The topological polar surface area (TPSA) is 38.7 Å². The third kappa shape index (κ3) is 19.1. The first-order valence-electron chi connectivity index (χ1n) is 9.99. The second-order valence-electron chi connectivity index (χ2n) is 6.53.